The van der Waals surface area contributed by atoms with E-state index in [2.05, 4.69) is 89.3 Å². The minimum Gasteiger partial charge on any atom is -0.0705 e. The smallest absolute Gasteiger partial charge is 0.0552 e. The summed E-state index contributed by atoms with van der Waals surface area (Å²) in [5, 5.41) is 0. The highest BCUT2D eigenvalue weighted by Gasteiger charge is 2.36. The number of hydrogen-bond donors (Lipinski definition) is 0. The third kappa shape index (κ3) is 4.04. The quantitative estimate of drug-likeness (QED) is 0.451. The summed E-state index contributed by atoms with van der Waals surface area (Å²) in [7, 11) is -0.432. The Balaban J connectivity index is 1.73. The van der Waals surface area contributed by atoms with Crippen molar-refractivity contribution in [3.63, 3.8) is 0 Å². The first-order valence-corrected chi connectivity index (χ1v) is 14.0. The molecule has 0 aromatic heterocycles. The summed E-state index contributed by atoms with van der Waals surface area (Å²) < 4.78 is 0. The van der Waals surface area contributed by atoms with Crippen LogP contribution in [0.1, 0.15) is 82.0 Å². The molecule has 29 heavy (non-hydrogen) atoms. The Labute approximate surface area is 180 Å². The van der Waals surface area contributed by atoms with Crippen molar-refractivity contribution < 1.29 is 0 Å². The monoisotopic (exact) mass is 401 g/mol. The van der Waals surface area contributed by atoms with Gasteiger partial charge in [-0.3, -0.25) is 0 Å². The summed E-state index contributed by atoms with van der Waals surface area (Å²) in [5.74, 6) is 0. The number of benzene rings is 2. The van der Waals surface area contributed by atoms with Gasteiger partial charge in [-0.15, -0.1) is 0 Å². The highest BCUT2D eigenvalue weighted by Crippen LogP contribution is 2.50. The van der Waals surface area contributed by atoms with Gasteiger partial charge in [0.15, 0.2) is 0 Å². The van der Waals surface area contributed by atoms with Crippen LogP contribution in [0.5, 0.6) is 0 Å². The third-order valence-corrected chi connectivity index (χ3v) is 9.07. The molecule has 4 rings (SSSR count). The van der Waals surface area contributed by atoms with Crippen LogP contribution in [0.2, 0.25) is 13.1 Å². The molecule has 2 aliphatic carbocycles. The minimum absolute atomic E-state index is 0.202. The van der Waals surface area contributed by atoms with Crippen molar-refractivity contribution in [3.05, 3.63) is 64.7 Å². The molecule has 1 unspecified atom stereocenters. The lowest BCUT2D eigenvalue weighted by Crippen LogP contribution is -2.20. The Morgan fingerprint density at radius 2 is 1.62 bits per heavy atom. The van der Waals surface area contributed by atoms with E-state index >= 15 is 0 Å². The summed E-state index contributed by atoms with van der Waals surface area (Å²) in [6.07, 6.45) is 9.54. The van der Waals surface area contributed by atoms with Crippen LogP contribution in [0.4, 0.5) is 0 Å². The molecule has 2 aliphatic rings. The van der Waals surface area contributed by atoms with Gasteiger partial charge in [0.05, 0.1) is 8.80 Å². The summed E-state index contributed by atoms with van der Waals surface area (Å²) in [6.45, 7) is 14.4. The van der Waals surface area contributed by atoms with Gasteiger partial charge >= 0.3 is 0 Å². The van der Waals surface area contributed by atoms with Gasteiger partial charge in [-0.2, -0.15) is 0 Å². The van der Waals surface area contributed by atoms with E-state index in [4.69, 9.17) is 0 Å². The maximum Gasteiger partial charge on any atom is 0.0552 e. The average molecular weight is 402 g/mol. The molecule has 0 heterocycles. The first-order chi connectivity index (χ1) is 13.7. The zero-order valence-corrected chi connectivity index (χ0v) is 20.2. The van der Waals surface area contributed by atoms with Crippen molar-refractivity contribution in [2.45, 2.75) is 83.8 Å². The van der Waals surface area contributed by atoms with E-state index in [0.29, 0.717) is 11.0 Å². The molecule has 2 aromatic carbocycles. The average Bonchev–Trinajstić information content (AvgIpc) is 3.24. The SMILES string of the molecule is C[Si](C)C1C(CC2(C)CCCC2)=Cc2c(-c3ccc(C(C)(C)C)cc3)cccc21. The minimum atomic E-state index is -0.432. The molecule has 0 nitrogen and oxygen atoms in total. The first kappa shape index (κ1) is 20.7. The van der Waals surface area contributed by atoms with Crippen LogP contribution in [0.3, 0.4) is 0 Å². The Hall–Kier alpha value is -1.60. The number of fused-ring (bicyclic) bond motifs is 1. The molecule has 1 atom stereocenters. The molecule has 0 aliphatic heterocycles. The number of rotatable bonds is 4. The summed E-state index contributed by atoms with van der Waals surface area (Å²) in [4.78, 5) is 0. The van der Waals surface area contributed by atoms with Gasteiger partial charge in [0.25, 0.3) is 0 Å². The van der Waals surface area contributed by atoms with E-state index in [9.17, 15) is 0 Å². The van der Waals surface area contributed by atoms with Crippen LogP contribution in [-0.2, 0) is 5.41 Å². The zero-order valence-electron chi connectivity index (χ0n) is 19.2. The Morgan fingerprint density at radius 1 is 0.966 bits per heavy atom. The lowest BCUT2D eigenvalue weighted by molar-refractivity contribution is 0.332. The van der Waals surface area contributed by atoms with E-state index in [0.717, 1.165) is 0 Å². The molecule has 153 valence electrons. The molecule has 0 spiro atoms. The lowest BCUT2D eigenvalue weighted by Gasteiger charge is -2.28. The van der Waals surface area contributed by atoms with E-state index in [1.54, 1.807) is 11.1 Å². The molecular weight excluding hydrogens is 364 g/mol. The summed E-state index contributed by atoms with van der Waals surface area (Å²) >= 11 is 0. The van der Waals surface area contributed by atoms with E-state index < -0.39 is 8.80 Å². The molecule has 1 fully saturated rings. The van der Waals surface area contributed by atoms with Crippen LogP contribution in [-0.4, -0.2) is 8.80 Å². The van der Waals surface area contributed by atoms with Crippen molar-refractivity contribution in [3.8, 4) is 11.1 Å². The molecule has 0 N–H and O–H groups in total. The fourth-order valence-electron chi connectivity index (χ4n) is 5.60. The van der Waals surface area contributed by atoms with E-state index in [1.807, 2.05) is 0 Å². The highest BCUT2D eigenvalue weighted by molar-refractivity contribution is 6.58. The fraction of sp³-hybridized carbons (Fsp3) is 0.500. The van der Waals surface area contributed by atoms with Crippen molar-refractivity contribution in [1.82, 2.24) is 0 Å². The second-order valence-electron chi connectivity index (χ2n) is 11.1. The van der Waals surface area contributed by atoms with Gasteiger partial charge < -0.3 is 0 Å². The zero-order chi connectivity index (χ0) is 20.8. The molecule has 0 saturated heterocycles. The summed E-state index contributed by atoms with van der Waals surface area (Å²) in [5.41, 5.74) is 10.4. The topological polar surface area (TPSA) is 0 Å². The summed E-state index contributed by atoms with van der Waals surface area (Å²) in [6, 6.07) is 16.3. The fourth-order valence-corrected chi connectivity index (χ4v) is 7.40. The predicted octanol–water partition coefficient (Wildman–Crippen LogP) is 8.40. The maximum absolute atomic E-state index is 2.59. The first-order valence-electron chi connectivity index (χ1n) is 11.4. The van der Waals surface area contributed by atoms with E-state index in [1.165, 1.54) is 54.4 Å². The number of allylic oxidation sites excluding steroid dienone is 1. The van der Waals surface area contributed by atoms with Crippen LogP contribution >= 0.6 is 0 Å². The normalized spacial score (nSPS) is 20.8. The predicted molar refractivity (Wildman–Crippen MR) is 130 cm³/mol. The Bertz CT molecular complexity index is 902. The van der Waals surface area contributed by atoms with Crippen LogP contribution in [0.25, 0.3) is 17.2 Å². The third-order valence-electron chi connectivity index (χ3n) is 7.23. The number of hydrogen-bond acceptors (Lipinski definition) is 0. The van der Waals surface area contributed by atoms with Crippen molar-refractivity contribution in [1.29, 1.82) is 0 Å². The van der Waals surface area contributed by atoms with Gasteiger partial charge in [0, 0.05) is 0 Å². The van der Waals surface area contributed by atoms with Crippen LogP contribution in [0, 0.1) is 5.41 Å². The highest BCUT2D eigenvalue weighted by atomic mass is 28.3. The van der Waals surface area contributed by atoms with Crippen LogP contribution < -0.4 is 0 Å². The molecule has 0 amide bonds. The Kier molecular flexibility index (Phi) is 5.40. The second-order valence-corrected chi connectivity index (χ2v) is 13.8. The van der Waals surface area contributed by atoms with E-state index in [-0.39, 0.29) is 5.41 Å². The van der Waals surface area contributed by atoms with Gasteiger partial charge in [0.1, 0.15) is 0 Å². The molecule has 0 bridgehead atoms. The Morgan fingerprint density at radius 3 is 2.21 bits per heavy atom. The molecular formula is C28H37Si. The lowest BCUT2D eigenvalue weighted by atomic mass is 9.81. The van der Waals surface area contributed by atoms with Crippen molar-refractivity contribution >= 4 is 14.9 Å². The van der Waals surface area contributed by atoms with Crippen molar-refractivity contribution in [2.24, 2.45) is 5.41 Å². The van der Waals surface area contributed by atoms with Crippen molar-refractivity contribution in [2.75, 3.05) is 0 Å². The maximum atomic E-state index is 2.59. The second kappa shape index (κ2) is 7.58. The van der Waals surface area contributed by atoms with Crippen LogP contribution in [0.15, 0.2) is 48.0 Å². The van der Waals surface area contributed by atoms with Gasteiger partial charge in [-0.05, 0) is 63.5 Å². The largest absolute Gasteiger partial charge is 0.0705 e. The molecule has 1 radical (unpaired) electrons. The van der Waals surface area contributed by atoms with Gasteiger partial charge in [-0.25, -0.2) is 0 Å². The standard InChI is InChI=1S/C28H37Si/c1-27(2,3)22-14-12-20(13-15-22)23-10-9-11-24-25(23)18-21(26(24)29(5)6)19-28(4)16-7-8-17-28/h9-15,18,26H,7-8,16-17,19H2,1-6H3. The molecule has 1 saturated carbocycles. The van der Waals surface area contributed by atoms with Gasteiger partial charge in [0.2, 0.25) is 0 Å². The molecule has 2 aromatic rings. The van der Waals surface area contributed by atoms with Gasteiger partial charge in [-0.1, -0.05) is 108 Å². The molecule has 1 heteroatoms.